The SMILES string of the molecule is C=C(C(=O)OC)c1ccc(OCCCCCCCCC(=O)OCCC(OC(=O)CCCCCCCCOc2ccc(C(=C)C(=O)OC)cc2)OC(=O)CCCCCCCCOc2ccc(C(=C)C(=O)OC)cc2)cc1. The summed E-state index contributed by atoms with van der Waals surface area (Å²) in [6.45, 7) is 12.9. The van der Waals surface area contributed by atoms with E-state index in [-0.39, 0.29) is 49.4 Å². The van der Waals surface area contributed by atoms with Crippen LogP contribution in [0.3, 0.4) is 0 Å². The number of ether oxygens (including phenoxy) is 9. The van der Waals surface area contributed by atoms with E-state index in [1.54, 1.807) is 72.8 Å². The molecule has 0 saturated heterocycles. The van der Waals surface area contributed by atoms with Gasteiger partial charge in [0, 0.05) is 19.3 Å². The monoisotopic (exact) mass is 1040 g/mol. The minimum atomic E-state index is -1.15. The fraction of sp³-hybridized carbons (Fsp3) is 0.500. The number of esters is 6. The molecule has 15 nitrogen and oxygen atoms in total. The number of hydrogen-bond acceptors (Lipinski definition) is 15. The molecule has 0 aliphatic heterocycles. The summed E-state index contributed by atoms with van der Waals surface area (Å²) in [5, 5.41) is 0. The fourth-order valence-electron chi connectivity index (χ4n) is 7.68. The first-order chi connectivity index (χ1) is 36.3. The molecule has 0 aromatic heterocycles. The molecule has 410 valence electrons. The van der Waals surface area contributed by atoms with E-state index in [1.165, 1.54) is 21.3 Å². The van der Waals surface area contributed by atoms with E-state index in [2.05, 4.69) is 19.7 Å². The van der Waals surface area contributed by atoms with Crippen LogP contribution in [0.1, 0.15) is 158 Å². The standard InChI is InChI=1S/C60H80O15/c1-45(58(64)67-4)48-28-34-51(35-29-48)70-41-22-16-10-7-13-19-25-54(61)73-44-40-57(74-55(62)26-20-14-8-11-17-23-42-71-52-36-30-49(31-37-52)46(2)59(65)68-5)75-56(63)27-21-15-9-12-18-24-43-72-53-38-32-50(33-39-53)47(3)60(66)69-6/h28-39,57H,1-3,7-27,40-44H2,4-6H3. The van der Waals surface area contributed by atoms with Crippen LogP contribution in [0.4, 0.5) is 0 Å². The minimum absolute atomic E-state index is 0.0439. The van der Waals surface area contributed by atoms with Crippen LogP contribution in [0, 0.1) is 0 Å². The summed E-state index contributed by atoms with van der Waals surface area (Å²) in [6, 6.07) is 21.5. The highest BCUT2D eigenvalue weighted by atomic mass is 16.7. The largest absolute Gasteiger partial charge is 0.494 e. The highest BCUT2D eigenvalue weighted by molar-refractivity contribution is 6.16. The van der Waals surface area contributed by atoms with Gasteiger partial charge in [0.15, 0.2) is 0 Å². The topological polar surface area (TPSA) is 185 Å². The van der Waals surface area contributed by atoms with Crippen LogP contribution in [0.25, 0.3) is 16.7 Å². The molecule has 3 rings (SSSR count). The second-order valence-corrected chi connectivity index (χ2v) is 18.1. The molecule has 0 spiro atoms. The summed E-state index contributed by atoms with van der Waals surface area (Å²) < 4.78 is 48.3. The number of carbonyl (C=O) groups is 6. The van der Waals surface area contributed by atoms with Crippen LogP contribution in [0.5, 0.6) is 17.2 Å². The third-order valence-corrected chi connectivity index (χ3v) is 12.2. The van der Waals surface area contributed by atoms with Crippen molar-refractivity contribution in [1.29, 1.82) is 0 Å². The van der Waals surface area contributed by atoms with Crippen LogP contribution in [-0.2, 0) is 57.2 Å². The van der Waals surface area contributed by atoms with Crippen molar-refractivity contribution in [3.8, 4) is 17.2 Å². The molecule has 0 heterocycles. The van der Waals surface area contributed by atoms with Gasteiger partial charge in [-0.15, -0.1) is 0 Å². The molecule has 15 heteroatoms. The van der Waals surface area contributed by atoms with Gasteiger partial charge in [-0.05, 0) is 91.6 Å². The molecule has 0 fully saturated rings. The van der Waals surface area contributed by atoms with Gasteiger partial charge in [0.2, 0.25) is 0 Å². The van der Waals surface area contributed by atoms with E-state index in [0.29, 0.717) is 78.6 Å². The molecule has 0 aliphatic carbocycles. The first-order valence-corrected chi connectivity index (χ1v) is 26.4. The van der Waals surface area contributed by atoms with Crippen molar-refractivity contribution in [1.82, 2.24) is 0 Å². The Kier molecular flexibility index (Phi) is 31.4. The van der Waals surface area contributed by atoms with Crippen molar-refractivity contribution in [2.24, 2.45) is 0 Å². The van der Waals surface area contributed by atoms with Crippen molar-refractivity contribution < 1.29 is 71.4 Å². The Hall–Kier alpha value is -6.90. The number of rotatable bonds is 41. The predicted octanol–water partition coefficient (Wildman–Crippen LogP) is 12.3. The number of benzene rings is 3. The average molecular weight is 1040 g/mol. The maximum atomic E-state index is 12.9. The van der Waals surface area contributed by atoms with Crippen molar-refractivity contribution >= 4 is 52.5 Å². The van der Waals surface area contributed by atoms with Gasteiger partial charge in [0.1, 0.15) is 17.2 Å². The molecule has 0 amide bonds. The fourth-order valence-corrected chi connectivity index (χ4v) is 7.68. The molecule has 75 heavy (non-hydrogen) atoms. The highest BCUT2D eigenvalue weighted by Gasteiger charge is 2.20. The summed E-state index contributed by atoms with van der Waals surface area (Å²) in [5.74, 6) is -0.575. The number of hydrogen-bond donors (Lipinski definition) is 0. The quantitative estimate of drug-likeness (QED) is 0.0172. The third kappa shape index (κ3) is 26.8. The van der Waals surface area contributed by atoms with E-state index in [1.807, 2.05) is 0 Å². The van der Waals surface area contributed by atoms with E-state index < -0.39 is 36.1 Å². The lowest BCUT2D eigenvalue weighted by atomic mass is 10.1. The van der Waals surface area contributed by atoms with Gasteiger partial charge in [-0.1, -0.05) is 133 Å². The van der Waals surface area contributed by atoms with Crippen LogP contribution < -0.4 is 14.2 Å². The van der Waals surface area contributed by atoms with Crippen LogP contribution in [-0.4, -0.2) is 89.9 Å². The maximum Gasteiger partial charge on any atom is 0.337 e. The normalized spacial score (nSPS) is 10.7. The lowest BCUT2D eigenvalue weighted by Gasteiger charge is -2.18. The minimum Gasteiger partial charge on any atom is -0.494 e. The van der Waals surface area contributed by atoms with Gasteiger partial charge < -0.3 is 42.6 Å². The van der Waals surface area contributed by atoms with E-state index in [4.69, 9.17) is 42.6 Å². The second-order valence-electron chi connectivity index (χ2n) is 18.1. The van der Waals surface area contributed by atoms with Gasteiger partial charge in [-0.25, -0.2) is 14.4 Å². The zero-order valence-electron chi connectivity index (χ0n) is 44.6. The Balaban J connectivity index is 1.30. The zero-order chi connectivity index (χ0) is 54.5. The molecule has 0 unspecified atom stereocenters. The average Bonchev–Trinajstić information content (AvgIpc) is 3.42. The summed E-state index contributed by atoms with van der Waals surface area (Å²) >= 11 is 0. The highest BCUT2D eigenvalue weighted by Crippen LogP contribution is 2.23. The molecule has 0 N–H and O–H groups in total. The Morgan fingerprint density at radius 1 is 0.360 bits per heavy atom. The molecule has 0 bridgehead atoms. The van der Waals surface area contributed by atoms with Gasteiger partial charge in [0.25, 0.3) is 6.29 Å². The third-order valence-electron chi connectivity index (χ3n) is 12.2. The van der Waals surface area contributed by atoms with Crippen molar-refractivity contribution in [3.63, 3.8) is 0 Å². The lowest BCUT2D eigenvalue weighted by Crippen LogP contribution is -2.26. The van der Waals surface area contributed by atoms with Gasteiger partial charge in [0.05, 0.1) is 70.9 Å². The molecule has 0 aliphatic rings. The zero-order valence-corrected chi connectivity index (χ0v) is 44.6. The molecular weight excluding hydrogens is 961 g/mol. The predicted molar refractivity (Wildman–Crippen MR) is 287 cm³/mol. The van der Waals surface area contributed by atoms with Crippen LogP contribution in [0.2, 0.25) is 0 Å². The Bertz CT molecular complexity index is 2110. The Morgan fingerprint density at radius 2 is 0.627 bits per heavy atom. The van der Waals surface area contributed by atoms with Crippen LogP contribution in [0.15, 0.2) is 92.5 Å². The Labute approximate surface area is 444 Å². The number of carbonyl (C=O) groups excluding carboxylic acids is 6. The van der Waals surface area contributed by atoms with Crippen molar-refractivity contribution in [2.45, 2.75) is 148 Å². The summed E-state index contributed by atoms with van der Waals surface area (Å²) in [4.78, 5) is 73.5. The number of unbranched alkanes of at least 4 members (excludes halogenated alkanes) is 15. The lowest BCUT2D eigenvalue weighted by molar-refractivity contribution is -0.191. The smallest absolute Gasteiger partial charge is 0.337 e. The molecule has 3 aromatic rings. The van der Waals surface area contributed by atoms with E-state index in [9.17, 15) is 28.8 Å². The molecule has 3 aromatic carbocycles. The van der Waals surface area contributed by atoms with E-state index in [0.717, 1.165) is 96.3 Å². The van der Waals surface area contributed by atoms with Crippen molar-refractivity contribution in [3.05, 3.63) is 109 Å². The van der Waals surface area contributed by atoms with Gasteiger partial charge >= 0.3 is 35.8 Å². The van der Waals surface area contributed by atoms with Gasteiger partial charge in [-0.3, -0.25) is 14.4 Å². The number of methoxy groups -OCH3 is 3. The van der Waals surface area contributed by atoms with Gasteiger partial charge in [-0.2, -0.15) is 0 Å². The summed E-state index contributed by atoms with van der Waals surface area (Å²) in [6.07, 6.45) is 15.4. The molecule has 0 radical (unpaired) electrons. The van der Waals surface area contributed by atoms with E-state index >= 15 is 0 Å². The second kappa shape index (κ2) is 37.8. The molecular formula is C60H80O15. The van der Waals surface area contributed by atoms with Crippen molar-refractivity contribution in [2.75, 3.05) is 47.8 Å². The first kappa shape index (κ1) is 62.4. The first-order valence-electron chi connectivity index (χ1n) is 26.4. The maximum absolute atomic E-state index is 12.9. The summed E-state index contributed by atoms with van der Waals surface area (Å²) in [7, 11) is 3.96. The van der Waals surface area contributed by atoms with Crippen LogP contribution >= 0.6 is 0 Å². The molecule has 0 atom stereocenters. The summed E-state index contributed by atoms with van der Waals surface area (Å²) in [5.41, 5.74) is 2.90. The Morgan fingerprint density at radius 3 is 0.920 bits per heavy atom. The molecule has 0 saturated carbocycles.